The van der Waals surface area contributed by atoms with Gasteiger partial charge in [0.05, 0.1) is 6.04 Å². The number of hydrogen-bond donors (Lipinski definition) is 2. The van der Waals surface area contributed by atoms with Crippen molar-refractivity contribution in [3.05, 3.63) is 34.9 Å². The summed E-state index contributed by atoms with van der Waals surface area (Å²) >= 11 is 0. The molecule has 15 heavy (non-hydrogen) atoms. The Kier molecular flexibility index (Phi) is 2.39. The van der Waals surface area contributed by atoms with E-state index in [1.807, 2.05) is 6.92 Å². The third-order valence-corrected chi connectivity index (χ3v) is 3.03. The molecule has 2 atom stereocenters. The van der Waals surface area contributed by atoms with Crippen LogP contribution in [0.25, 0.3) is 0 Å². The summed E-state index contributed by atoms with van der Waals surface area (Å²) in [6.45, 7) is 4.11. The first-order chi connectivity index (χ1) is 7.08. The van der Waals surface area contributed by atoms with Crippen LogP contribution in [0.1, 0.15) is 29.7 Å². The number of fused-ring (bicyclic) bond motifs is 1. The summed E-state index contributed by atoms with van der Waals surface area (Å²) < 4.78 is 0. The minimum atomic E-state index is -0.943. The van der Waals surface area contributed by atoms with Crippen LogP contribution >= 0.6 is 0 Å². The Bertz CT molecular complexity index is 401. The Morgan fingerprint density at radius 1 is 1.53 bits per heavy atom. The van der Waals surface area contributed by atoms with Gasteiger partial charge in [0.1, 0.15) is 0 Å². The molecule has 3 nitrogen and oxygen atoms in total. The molecule has 1 aromatic carbocycles. The zero-order valence-electron chi connectivity index (χ0n) is 8.95. The van der Waals surface area contributed by atoms with Crippen LogP contribution < -0.4 is 5.32 Å². The summed E-state index contributed by atoms with van der Waals surface area (Å²) in [4.78, 5) is 10.7. The van der Waals surface area contributed by atoms with Crippen molar-refractivity contribution in [2.45, 2.75) is 26.3 Å². The second kappa shape index (κ2) is 3.57. The number of carbonyl (C=O) groups is 1. The van der Waals surface area contributed by atoms with Crippen LogP contribution in [0.4, 0.5) is 4.79 Å². The third kappa shape index (κ3) is 1.82. The number of benzene rings is 1. The molecule has 0 bridgehead atoms. The van der Waals surface area contributed by atoms with E-state index in [-0.39, 0.29) is 6.04 Å². The Hall–Kier alpha value is -1.51. The molecule has 0 aliphatic heterocycles. The number of hydrogen-bond acceptors (Lipinski definition) is 1. The maximum Gasteiger partial charge on any atom is 0.405 e. The number of nitrogens with one attached hydrogen (secondary N) is 1. The summed E-state index contributed by atoms with van der Waals surface area (Å²) in [6, 6.07) is 6.22. The van der Waals surface area contributed by atoms with Gasteiger partial charge in [0.15, 0.2) is 0 Å². The van der Waals surface area contributed by atoms with E-state index in [0.717, 1.165) is 12.0 Å². The minimum Gasteiger partial charge on any atom is -0.465 e. The molecule has 3 heteroatoms. The fourth-order valence-corrected chi connectivity index (χ4v) is 2.31. The molecular formula is C12H15NO2. The van der Waals surface area contributed by atoms with E-state index < -0.39 is 6.09 Å². The zero-order chi connectivity index (χ0) is 11.0. The molecular weight excluding hydrogens is 190 g/mol. The summed E-state index contributed by atoms with van der Waals surface area (Å²) in [6.07, 6.45) is 0.0156. The minimum absolute atomic E-state index is 0.0441. The molecule has 0 heterocycles. The molecule has 0 fully saturated rings. The molecule has 0 spiro atoms. The van der Waals surface area contributed by atoms with E-state index in [0.29, 0.717) is 5.92 Å². The summed E-state index contributed by atoms with van der Waals surface area (Å²) in [5.74, 6) is 0.345. The predicted molar refractivity (Wildman–Crippen MR) is 57.9 cm³/mol. The van der Waals surface area contributed by atoms with Gasteiger partial charge in [-0.25, -0.2) is 4.79 Å². The average molecular weight is 205 g/mol. The van der Waals surface area contributed by atoms with Crippen LogP contribution in [0, 0.1) is 12.8 Å². The van der Waals surface area contributed by atoms with Crippen molar-refractivity contribution >= 4 is 6.09 Å². The Balaban J connectivity index is 2.35. The van der Waals surface area contributed by atoms with Gasteiger partial charge in [-0.3, -0.25) is 0 Å². The molecule has 80 valence electrons. The van der Waals surface area contributed by atoms with Gasteiger partial charge in [-0.05, 0) is 30.4 Å². The van der Waals surface area contributed by atoms with Gasteiger partial charge in [-0.15, -0.1) is 0 Å². The van der Waals surface area contributed by atoms with Crippen molar-refractivity contribution in [1.82, 2.24) is 5.32 Å². The van der Waals surface area contributed by atoms with E-state index in [2.05, 4.69) is 30.4 Å². The van der Waals surface area contributed by atoms with Crippen LogP contribution in [0.2, 0.25) is 0 Å². The summed E-state index contributed by atoms with van der Waals surface area (Å²) in [5, 5.41) is 11.4. The number of amides is 1. The first kappa shape index (κ1) is 10.0. The zero-order valence-corrected chi connectivity index (χ0v) is 8.95. The quantitative estimate of drug-likeness (QED) is 0.740. The van der Waals surface area contributed by atoms with Gasteiger partial charge < -0.3 is 10.4 Å². The molecule has 0 unspecified atom stereocenters. The molecule has 1 aliphatic rings. The molecule has 2 N–H and O–H groups in total. The summed E-state index contributed by atoms with van der Waals surface area (Å²) in [5.41, 5.74) is 3.59. The second-order valence-corrected chi connectivity index (χ2v) is 4.31. The molecule has 2 rings (SSSR count). The van der Waals surface area contributed by atoms with Gasteiger partial charge in [-0.2, -0.15) is 0 Å². The highest BCUT2D eigenvalue weighted by Crippen LogP contribution is 2.36. The molecule has 0 saturated heterocycles. The average Bonchev–Trinajstić information content (AvgIpc) is 2.43. The summed E-state index contributed by atoms with van der Waals surface area (Å²) in [7, 11) is 0. The Morgan fingerprint density at radius 3 is 2.93 bits per heavy atom. The first-order valence-corrected chi connectivity index (χ1v) is 5.17. The first-order valence-electron chi connectivity index (χ1n) is 5.17. The van der Waals surface area contributed by atoms with Crippen molar-refractivity contribution in [2.75, 3.05) is 0 Å². The monoisotopic (exact) mass is 205 g/mol. The van der Waals surface area contributed by atoms with Gasteiger partial charge in [0.2, 0.25) is 0 Å². The van der Waals surface area contributed by atoms with Crippen molar-refractivity contribution in [2.24, 2.45) is 5.92 Å². The standard InChI is InChI=1S/C12H15NO2/c1-7-3-4-9-6-8(2)11(10(9)5-7)13-12(14)15/h3-5,8,11,13H,6H2,1-2H3,(H,14,15)/t8-,11+/m0/s1. The van der Waals surface area contributed by atoms with Crippen LogP contribution in [-0.2, 0) is 6.42 Å². The SMILES string of the molecule is Cc1ccc2c(c1)[C@H](NC(=O)O)[C@@H](C)C2. The maximum atomic E-state index is 10.7. The number of carboxylic acid groups (broad SMARTS) is 1. The fraction of sp³-hybridized carbons (Fsp3) is 0.417. The van der Waals surface area contributed by atoms with E-state index in [9.17, 15) is 4.79 Å². The highest BCUT2D eigenvalue weighted by atomic mass is 16.4. The largest absolute Gasteiger partial charge is 0.465 e. The smallest absolute Gasteiger partial charge is 0.405 e. The van der Waals surface area contributed by atoms with Crippen molar-refractivity contribution in [1.29, 1.82) is 0 Å². The lowest BCUT2D eigenvalue weighted by atomic mass is 10.0. The third-order valence-electron chi connectivity index (χ3n) is 3.03. The van der Waals surface area contributed by atoms with Gasteiger partial charge in [-0.1, -0.05) is 30.7 Å². The van der Waals surface area contributed by atoms with E-state index >= 15 is 0 Å². The normalized spacial score (nSPS) is 23.6. The van der Waals surface area contributed by atoms with Gasteiger partial charge >= 0.3 is 6.09 Å². The van der Waals surface area contributed by atoms with E-state index in [1.54, 1.807) is 0 Å². The number of aryl methyl sites for hydroxylation is 1. The molecule has 0 saturated carbocycles. The predicted octanol–water partition coefficient (Wildman–Crippen LogP) is 2.50. The highest BCUT2D eigenvalue weighted by molar-refractivity contribution is 5.65. The molecule has 0 aromatic heterocycles. The highest BCUT2D eigenvalue weighted by Gasteiger charge is 2.30. The van der Waals surface area contributed by atoms with Crippen molar-refractivity contribution < 1.29 is 9.90 Å². The Morgan fingerprint density at radius 2 is 2.27 bits per heavy atom. The molecule has 1 amide bonds. The van der Waals surface area contributed by atoms with Crippen LogP contribution in [0.5, 0.6) is 0 Å². The van der Waals surface area contributed by atoms with Crippen molar-refractivity contribution in [3.8, 4) is 0 Å². The Labute approximate surface area is 89.1 Å². The van der Waals surface area contributed by atoms with Gasteiger partial charge in [0, 0.05) is 0 Å². The van der Waals surface area contributed by atoms with Crippen LogP contribution in [-0.4, -0.2) is 11.2 Å². The fourth-order valence-electron chi connectivity index (χ4n) is 2.31. The number of rotatable bonds is 1. The maximum absolute atomic E-state index is 10.7. The molecule has 1 aliphatic carbocycles. The van der Waals surface area contributed by atoms with Crippen molar-refractivity contribution in [3.63, 3.8) is 0 Å². The van der Waals surface area contributed by atoms with E-state index in [4.69, 9.17) is 5.11 Å². The van der Waals surface area contributed by atoms with Gasteiger partial charge in [0.25, 0.3) is 0 Å². The lowest BCUT2D eigenvalue weighted by Gasteiger charge is -2.16. The lowest BCUT2D eigenvalue weighted by molar-refractivity contribution is 0.186. The molecule has 1 aromatic rings. The van der Waals surface area contributed by atoms with E-state index in [1.165, 1.54) is 11.1 Å². The van der Waals surface area contributed by atoms with Crippen LogP contribution in [0.3, 0.4) is 0 Å². The second-order valence-electron chi connectivity index (χ2n) is 4.31. The van der Waals surface area contributed by atoms with Crippen LogP contribution in [0.15, 0.2) is 18.2 Å². The topological polar surface area (TPSA) is 49.3 Å². The molecule has 0 radical (unpaired) electrons. The lowest BCUT2D eigenvalue weighted by Crippen LogP contribution is -2.28.